The van der Waals surface area contributed by atoms with E-state index in [9.17, 15) is 0 Å². The van der Waals surface area contributed by atoms with Crippen LogP contribution in [0.4, 0.5) is 5.82 Å². The molecule has 0 amide bonds. The Balaban J connectivity index is 1.78. The maximum atomic E-state index is 4.58. The van der Waals surface area contributed by atoms with Crippen LogP contribution in [-0.4, -0.2) is 47.9 Å². The largest absolute Gasteiger partial charge is 0.354 e. The summed E-state index contributed by atoms with van der Waals surface area (Å²) >= 11 is 5.30. The van der Waals surface area contributed by atoms with Crippen LogP contribution in [-0.2, 0) is 0 Å². The predicted molar refractivity (Wildman–Crippen MR) is 82.1 cm³/mol. The van der Waals surface area contributed by atoms with E-state index in [-0.39, 0.29) is 0 Å². The van der Waals surface area contributed by atoms with Crippen molar-refractivity contribution in [2.45, 2.75) is 0 Å². The van der Waals surface area contributed by atoms with E-state index < -0.39 is 0 Å². The molecule has 0 bridgehead atoms. The van der Waals surface area contributed by atoms with Crippen molar-refractivity contribution in [1.29, 1.82) is 0 Å². The van der Waals surface area contributed by atoms with Crippen LogP contribution < -0.4 is 4.90 Å². The number of halogens is 1. The highest BCUT2D eigenvalue weighted by molar-refractivity contribution is 9.09. The number of anilines is 1. The van der Waals surface area contributed by atoms with Gasteiger partial charge in [-0.3, -0.25) is 4.90 Å². The standard InChI is InChI=1S/C13H16BrN3S/c14-3-5-16-6-8-17(9-7-16)13-11-2-10-18-12(11)1-4-15-13/h1-2,4,10H,3,5-9H2. The molecule has 18 heavy (non-hydrogen) atoms. The fourth-order valence-electron chi connectivity index (χ4n) is 2.43. The van der Waals surface area contributed by atoms with Gasteiger partial charge in [-0.1, -0.05) is 15.9 Å². The van der Waals surface area contributed by atoms with Gasteiger partial charge in [0.25, 0.3) is 0 Å². The fraction of sp³-hybridized carbons (Fsp3) is 0.462. The smallest absolute Gasteiger partial charge is 0.137 e. The van der Waals surface area contributed by atoms with Gasteiger partial charge in [-0.05, 0) is 17.5 Å². The summed E-state index contributed by atoms with van der Waals surface area (Å²) in [7, 11) is 0. The summed E-state index contributed by atoms with van der Waals surface area (Å²) in [6, 6.07) is 4.29. The first kappa shape index (κ1) is 12.4. The molecule has 96 valence electrons. The molecule has 0 unspecified atom stereocenters. The highest BCUT2D eigenvalue weighted by Gasteiger charge is 2.19. The molecule has 0 radical (unpaired) electrons. The number of hydrogen-bond acceptors (Lipinski definition) is 4. The Hall–Kier alpha value is -0.650. The number of rotatable bonds is 3. The molecule has 1 aliphatic heterocycles. The third-order valence-corrected chi connectivity index (χ3v) is 4.67. The maximum absolute atomic E-state index is 4.58. The number of nitrogens with zero attached hydrogens (tertiary/aromatic N) is 3. The van der Waals surface area contributed by atoms with E-state index in [2.05, 4.69) is 48.2 Å². The summed E-state index contributed by atoms with van der Waals surface area (Å²) in [6.45, 7) is 5.56. The fourth-order valence-corrected chi connectivity index (χ4v) is 3.71. The van der Waals surface area contributed by atoms with Crippen molar-refractivity contribution in [1.82, 2.24) is 9.88 Å². The SMILES string of the molecule is BrCCN1CCN(c2nccc3sccc23)CC1. The third kappa shape index (κ3) is 2.39. The molecule has 3 rings (SSSR count). The second-order valence-electron chi connectivity index (χ2n) is 4.48. The van der Waals surface area contributed by atoms with Crippen LogP contribution in [0.3, 0.4) is 0 Å². The Labute approximate surface area is 120 Å². The van der Waals surface area contributed by atoms with Crippen molar-refractivity contribution in [2.75, 3.05) is 43.0 Å². The van der Waals surface area contributed by atoms with Gasteiger partial charge in [0.2, 0.25) is 0 Å². The van der Waals surface area contributed by atoms with Crippen molar-refractivity contribution in [3.63, 3.8) is 0 Å². The molecule has 0 aliphatic carbocycles. The average molecular weight is 326 g/mol. The van der Waals surface area contributed by atoms with Crippen molar-refractivity contribution in [3.8, 4) is 0 Å². The molecular formula is C13H16BrN3S. The molecule has 2 aromatic heterocycles. The average Bonchev–Trinajstić information content (AvgIpc) is 2.88. The Morgan fingerprint density at radius 3 is 2.83 bits per heavy atom. The quantitative estimate of drug-likeness (QED) is 0.809. The molecule has 0 atom stereocenters. The summed E-state index contributed by atoms with van der Waals surface area (Å²) in [6.07, 6.45) is 1.93. The lowest BCUT2D eigenvalue weighted by Gasteiger charge is -2.35. The molecule has 1 aliphatic rings. The van der Waals surface area contributed by atoms with Gasteiger partial charge in [0.05, 0.1) is 0 Å². The molecule has 3 heterocycles. The van der Waals surface area contributed by atoms with Crippen molar-refractivity contribution in [2.24, 2.45) is 0 Å². The van der Waals surface area contributed by atoms with Gasteiger partial charge >= 0.3 is 0 Å². The van der Waals surface area contributed by atoms with E-state index in [1.165, 1.54) is 10.1 Å². The second-order valence-corrected chi connectivity index (χ2v) is 6.23. The number of thiophene rings is 1. The number of aromatic nitrogens is 1. The Bertz CT molecular complexity index is 520. The van der Waals surface area contributed by atoms with Crippen LogP contribution in [0.2, 0.25) is 0 Å². The lowest BCUT2D eigenvalue weighted by atomic mass is 10.2. The predicted octanol–water partition coefficient (Wildman–Crippen LogP) is 2.81. The van der Waals surface area contributed by atoms with Gasteiger partial charge in [0.1, 0.15) is 5.82 Å². The third-order valence-electron chi connectivity index (χ3n) is 3.43. The number of pyridine rings is 1. The van der Waals surface area contributed by atoms with Crippen LogP contribution >= 0.6 is 27.3 Å². The molecule has 0 aromatic carbocycles. The first-order valence-electron chi connectivity index (χ1n) is 6.24. The van der Waals surface area contributed by atoms with Gasteiger partial charge in [0, 0.05) is 54.3 Å². The summed E-state index contributed by atoms with van der Waals surface area (Å²) < 4.78 is 1.34. The van der Waals surface area contributed by atoms with Gasteiger partial charge in [-0.15, -0.1) is 11.3 Å². The van der Waals surface area contributed by atoms with E-state index in [1.807, 2.05) is 6.20 Å². The molecule has 5 heteroatoms. The van der Waals surface area contributed by atoms with E-state index in [1.54, 1.807) is 11.3 Å². The van der Waals surface area contributed by atoms with Gasteiger partial charge in [0.15, 0.2) is 0 Å². The van der Waals surface area contributed by atoms with E-state index >= 15 is 0 Å². The number of piperazine rings is 1. The minimum atomic E-state index is 1.06. The van der Waals surface area contributed by atoms with Crippen molar-refractivity contribution >= 4 is 43.2 Å². The van der Waals surface area contributed by atoms with Crippen LogP contribution in [0.5, 0.6) is 0 Å². The minimum absolute atomic E-state index is 1.06. The van der Waals surface area contributed by atoms with Crippen molar-refractivity contribution in [3.05, 3.63) is 23.7 Å². The summed E-state index contributed by atoms with van der Waals surface area (Å²) in [5.74, 6) is 1.16. The highest BCUT2D eigenvalue weighted by Crippen LogP contribution is 2.28. The topological polar surface area (TPSA) is 19.4 Å². The summed E-state index contributed by atoms with van der Waals surface area (Å²) in [5, 5.41) is 4.51. The zero-order chi connectivity index (χ0) is 12.4. The molecule has 2 aromatic rings. The first-order chi connectivity index (χ1) is 8.88. The number of fused-ring (bicyclic) bond motifs is 1. The molecule has 1 fully saturated rings. The van der Waals surface area contributed by atoms with Crippen molar-refractivity contribution < 1.29 is 0 Å². The zero-order valence-electron chi connectivity index (χ0n) is 10.2. The van der Waals surface area contributed by atoms with E-state index in [0.717, 1.165) is 43.9 Å². The Morgan fingerprint density at radius 1 is 1.22 bits per heavy atom. The first-order valence-corrected chi connectivity index (χ1v) is 8.24. The Morgan fingerprint density at radius 2 is 2.06 bits per heavy atom. The van der Waals surface area contributed by atoms with Gasteiger partial charge in [-0.2, -0.15) is 0 Å². The molecule has 0 saturated carbocycles. The highest BCUT2D eigenvalue weighted by atomic mass is 79.9. The second kappa shape index (κ2) is 5.55. The summed E-state index contributed by atoms with van der Waals surface area (Å²) in [5.41, 5.74) is 0. The normalized spacial score (nSPS) is 17.5. The van der Waals surface area contributed by atoms with Crippen LogP contribution in [0.15, 0.2) is 23.7 Å². The minimum Gasteiger partial charge on any atom is -0.354 e. The van der Waals surface area contributed by atoms with E-state index in [4.69, 9.17) is 0 Å². The molecular weight excluding hydrogens is 310 g/mol. The Kier molecular flexibility index (Phi) is 3.82. The molecule has 3 nitrogen and oxygen atoms in total. The molecule has 0 spiro atoms. The molecule has 0 N–H and O–H groups in total. The zero-order valence-corrected chi connectivity index (χ0v) is 12.6. The van der Waals surface area contributed by atoms with Gasteiger partial charge < -0.3 is 4.90 Å². The van der Waals surface area contributed by atoms with Crippen LogP contribution in [0.25, 0.3) is 10.1 Å². The monoisotopic (exact) mass is 325 g/mol. The van der Waals surface area contributed by atoms with Crippen LogP contribution in [0.1, 0.15) is 0 Å². The summed E-state index contributed by atoms with van der Waals surface area (Å²) in [4.78, 5) is 9.49. The van der Waals surface area contributed by atoms with E-state index in [0.29, 0.717) is 0 Å². The molecule has 1 saturated heterocycles. The maximum Gasteiger partial charge on any atom is 0.137 e. The number of hydrogen-bond donors (Lipinski definition) is 0. The number of alkyl halides is 1. The lowest BCUT2D eigenvalue weighted by Crippen LogP contribution is -2.47. The van der Waals surface area contributed by atoms with Crippen LogP contribution in [0, 0.1) is 0 Å². The lowest BCUT2D eigenvalue weighted by molar-refractivity contribution is 0.273. The van der Waals surface area contributed by atoms with Gasteiger partial charge in [-0.25, -0.2) is 4.98 Å².